The zero-order chi connectivity index (χ0) is 21.4. The molecule has 5 nitrogen and oxygen atoms in total. The van der Waals surface area contributed by atoms with Crippen LogP contribution < -0.4 is 10.2 Å². The van der Waals surface area contributed by atoms with E-state index in [0.29, 0.717) is 5.11 Å². The van der Waals surface area contributed by atoms with Gasteiger partial charge in [-0.15, -0.1) is 0 Å². The van der Waals surface area contributed by atoms with E-state index in [0.717, 1.165) is 27.2 Å². The molecule has 1 saturated heterocycles. The summed E-state index contributed by atoms with van der Waals surface area (Å²) in [4.78, 5) is 6.70. The van der Waals surface area contributed by atoms with Crippen molar-refractivity contribution in [2.24, 2.45) is 0 Å². The van der Waals surface area contributed by atoms with Crippen LogP contribution in [0.4, 0.5) is 5.69 Å². The molecule has 7 heteroatoms. The Morgan fingerprint density at radius 2 is 1.65 bits per heavy atom. The molecule has 2 atom stereocenters. The number of halogens is 1. The number of thiocarbonyl (C=S) groups is 1. The van der Waals surface area contributed by atoms with E-state index in [4.69, 9.17) is 12.2 Å². The number of pyridine rings is 1. The summed E-state index contributed by atoms with van der Waals surface area (Å²) in [6.07, 6.45) is 3.86. The first-order chi connectivity index (χ1) is 15.1. The lowest BCUT2D eigenvalue weighted by atomic mass is 10.0. The van der Waals surface area contributed by atoms with E-state index in [1.54, 1.807) is 18.3 Å². The monoisotopic (exact) mass is 490 g/mol. The molecule has 0 unspecified atom stereocenters. The molecule has 2 N–H and O–H groups in total. The highest BCUT2D eigenvalue weighted by molar-refractivity contribution is 9.10. The van der Waals surface area contributed by atoms with Gasteiger partial charge in [-0.1, -0.05) is 22.0 Å². The third kappa shape index (κ3) is 3.71. The molecular weight excluding hydrogens is 472 g/mol. The molecule has 0 aliphatic carbocycles. The fourth-order valence-corrected chi connectivity index (χ4v) is 4.63. The molecule has 0 radical (unpaired) electrons. The van der Waals surface area contributed by atoms with E-state index >= 15 is 0 Å². The van der Waals surface area contributed by atoms with Gasteiger partial charge in [0.1, 0.15) is 11.8 Å². The Hall–Kier alpha value is -3.16. The molecule has 31 heavy (non-hydrogen) atoms. The second-order valence-electron chi connectivity index (χ2n) is 7.29. The third-order valence-corrected chi connectivity index (χ3v) is 6.26. The van der Waals surface area contributed by atoms with Gasteiger partial charge in [-0.05, 0) is 85.0 Å². The van der Waals surface area contributed by atoms with Gasteiger partial charge >= 0.3 is 0 Å². The van der Waals surface area contributed by atoms with Crippen LogP contribution in [0.3, 0.4) is 0 Å². The van der Waals surface area contributed by atoms with Gasteiger partial charge in [0.2, 0.25) is 0 Å². The minimum absolute atomic E-state index is 0.133. The Morgan fingerprint density at radius 1 is 0.903 bits per heavy atom. The first kappa shape index (κ1) is 19.8. The number of phenolic OH excluding ortho intramolecular Hbond substituents is 1. The van der Waals surface area contributed by atoms with Crippen molar-refractivity contribution in [3.63, 3.8) is 0 Å². The molecule has 1 aliphatic rings. The summed E-state index contributed by atoms with van der Waals surface area (Å²) in [6, 6.07) is 25.1. The molecule has 0 saturated carbocycles. The zero-order valence-corrected chi connectivity index (χ0v) is 18.8. The molecule has 0 amide bonds. The standard InChI is InChI=1S/C24H19BrN4OS/c25-16-6-8-17(9-7-16)28-15-3-5-21(28)23-22(20-4-1-2-14-26-20)27-24(31)29(23)18-10-12-19(30)13-11-18/h1-15,22-23,30H,(H,27,31)/t22-,23+/m0/s1. The van der Waals surface area contributed by atoms with Crippen LogP contribution in [-0.4, -0.2) is 19.8 Å². The van der Waals surface area contributed by atoms with E-state index in [9.17, 15) is 5.11 Å². The highest BCUT2D eigenvalue weighted by Crippen LogP contribution is 2.42. The molecular formula is C24H19BrN4OS. The second kappa shape index (κ2) is 8.17. The van der Waals surface area contributed by atoms with E-state index < -0.39 is 0 Å². The first-order valence-corrected chi connectivity index (χ1v) is 11.0. The second-order valence-corrected chi connectivity index (χ2v) is 8.59. The minimum atomic E-state index is -0.134. The molecule has 0 bridgehead atoms. The number of aromatic nitrogens is 2. The number of nitrogens with one attached hydrogen (secondary N) is 1. The molecule has 0 spiro atoms. The highest BCUT2D eigenvalue weighted by atomic mass is 79.9. The van der Waals surface area contributed by atoms with Crippen LogP contribution in [0.15, 0.2) is 95.7 Å². The number of phenols is 1. The Kier molecular flexibility index (Phi) is 5.21. The van der Waals surface area contributed by atoms with Gasteiger partial charge in [-0.2, -0.15) is 0 Å². The fraction of sp³-hybridized carbons (Fsp3) is 0.0833. The van der Waals surface area contributed by atoms with Crippen molar-refractivity contribution in [3.8, 4) is 11.4 Å². The molecule has 1 fully saturated rings. The summed E-state index contributed by atoms with van der Waals surface area (Å²) in [5.41, 5.74) is 3.96. The van der Waals surface area contributed by atoms with Crippen LogP contribution in [0.1, 0.15) is 23.5 Å². The summed E-state index contributed by atoms with van der Waals surface area (Å²) in [5, 5.41) is 13.9. The van der Waals surface area contributed by atoms with E-state index in [1.807, 2.05) is 48.5 Å². The van der Waals surface area contributed by atoms with Crippen LogP contribution in [0.25, 0.3) is 5.69 Å². The Balaban J connectivity index is 1.66. The summed E-state index contributed by atoms with van der Waals surface area (Å²) in [7, 11) is 0. The Labute approximate surface area is 194 Å². The van der Waals surface area contributed by atoms with Crippen molar-refractivity contribution in [3.05, 3.63) is 107 Å². The number of hydrogen-bond acceptors (Lipinski definition) is 3. The number of nitrogens with zero attached hydrogens (tertiary/aromatic N) is 3. The minimum Gasteiger partial charge on any atom is -0.508 e. The van der Waals surface area contributed by atoms with E-state index in [1.165, 1.54) is 0 Å². The summed E-state index contributed by atoms with van der Waals surface area (Å²) in [5.74, 6) is 0.220. The highest BCUT2D eigenvalue weighted by Gasteiger charge is 2.42. The predicted molar refractivity (Wildman–Crippen MR) is 130 cm³/mol. The SMILES string of the molecule is Oc1ccc(N2C(=S)N[C@@H](c3ccccn3)[C@H]2c2cccn2-c2ccc(Br)cc2)cc1. The quantitative estimate of drug-likeness (QED) is 0.369. The number of aromatic hydroxyl groups is 1. The summed E-state index contributed by atoms with van der Waals surface area (Å²) in [6.45, 7) is 0. The number of anilines is 1. The van der Waals surface area contributed by atoms with E-state index in [-0.39, 0.29) is 17.8 Å². The fourth-order valence-electron chi connectivity index (χ4n) is 4.02. The average molecular weight is 491 g/mol. The van der Waals surface area contributed by atoms with Crippen molar-refractivity contribution in [1.29, 1.82) is 0 Å². The normalized spacial score (nSPS) is 18.2. The number of benzene rings is 2. The Morgan fingerprint density at radius 3 is 2.35 bits per heavy atom. The van der Waals surface area contributed by atoms with Gasteiger partial charge in [-0.3, -0.25) is 4.98 Å². The largest absolute Gasteiger partial charge is 0.508 e. The molecule has 1 aliphatic heterocycles. The molecule has 154 valence electrons. The molecule has 4 aromatic rings. The van der Waals surface area contributed by atoms with Gasteiger partial charge < -0.3 is 19.9 Å². The summed E-state index contributed by atoms with van der Waals surface area (Å²) < 4.78 is 3.21. The molecule has 5 rings (SSSR count). The van der Waals surface area contributed by atoms with Gasteiger partial charge in [-0.25, -0.2) is 0 Å². The summed E-state index contributed by atoms with van der Waals surface area (Å²) >= 11 is 9.28. The number of hydrogen-bond donors (Lipinski definition) is 2. The smallest absolute Gasteiger partial charge is 0.174 e. The van der Waals surface area contributed by atoms with Crippen molar-refractivity contribution in [1.82, 2.24) is 14.9 Å². The molecule has 3 heterocycles. The van der Waals surface area contributed by atoms with Crippen LogP contribution in [-0.2, 0) is 0 Å². The zero-order valence-electron chi connectivity index (χ0n) is 16.4. The van der Waals surface area contributed by atoms with Crippen LogP contribution in [0.5, 0.6) is 5.75 Å². The number of rotatable bonds is 4. The molecule has 2 aromatic heterocycles. The molecule has 2 aromatic carbocycles. The van der Waals surface area contributed by atoms with Gasteiger partial charge in [0.25, 0.3) is 0 Å². The first-order valence-electron chi connectivity index (χ1n) is 9.85. The van der Waals surface area contributed by atoms with Gasteiger partial charge in [0.05, 0.1) is 11.7 Å². The van der Waals surface area contributed by atoms with Crippen molar-refractivity contribution < 1.29 is 5.11 Å². The average Bonchev–Trinajstić information content (AvgIpc) is 3.40. The maximum atomic E-state index is 9.78. The van der Waals surface area contributed by atoms with Crippen LogP contribution in [0.2, 0.25) is 0 Å². The van der Waals surface area contributed by atoms with Crippen molar-refractivity contribution >= 4 is 38.9 Å². The maximum Gasteiger partial charge on any atom is 0.174 e. The van der Waals surface area contributed by atoms with Crippen LogP contribution >= 0.6 is 28.1 Å². The van der Waals surface area contributed by atoms with Crippen molar-refractivity contribution in [2.45, 2.75) is 12.1 Å². The van der Waals surface area contributed by atoms with Crippen LogP contribution in [0, 0.1) is 0 Å². The lowest BCUT2D eigenvalue weighted by Crippen LogP contribution is -2.30. The van der Waals surface area contributed by atoms with Crippen molar-refractivity contribution in [2.75, 3.05) is 4.90 Å². The Bertz CT molecular complexity index is 1210. The lowest BCUT2D eigenvalue weighted by Gasteiger charge is -2.29. The lowest BCUT2D eigenvalue weighted by molar-refractivity contribution is 0.475. The predicted octanol–water partition coefficient (Wildman–Crippen LogP) is 5.52. The van der Waals surface area contributed by atoms with Gasteiger partial charge in [0.15, 0.2) is 5.11 Å². The maximum absolute atomic E-state index is 9.78. The third-order valence-electron chi connectivity index (χ3n) is 5.41. The van der Waals surface area contributed by atoms with Gasteiger partial charge in [0, 0.05) is 33.9 Å². The topological polar surface area (TPSA) is 53.3 Å². The van der Waals surface area contributed by atoms with E-state index in [2.05, 4.69) is 60.1 Å².